The first-order chi connectivity index (χ1) is 8.84. The van der Waals surface area contributed by atoms with Crippen LogP contribution in [0, 0.1) is 0 Å². The highest BCUT2D eigenvalue weighted by molar-refractivity contribution is 6.32. The van der Waals surface area contributed by atoms with Crippen molar-refractivity contribution in [1.29, 1.82) is 0 Å². The number of hydrogen-bond acceptors (Lipinski definition) is 3. The second kappa shape index (κ2) is 5.03. The van der Waals surface area contributed by atoms with Crippen LogP contribution in [0.15, 0.2) is 0 Å². The highest BCUT2D eigenvalue weighted by atomic mass is 35.5. The van der Waals surface area contributed by atoms with E-state index in [1.54, 1.807) is 6.92 Å². The number of rotatable bonds is 4. The predicted molar refractivity (Wildman–Crippen MR) is 60.8 cm³/mol. The molecule has 1 aliphatic carbocycles. The van der Waals surface area contributed by atoms with Crippen LogP contribution >= 0.6 is 11.6 Å². The second-order valence-electron chi connectivity index (χ2n) is 4.28. The van der Waals surface area contributed by atoms with Gasteiger partial charge in [-0.2, -0.15) is 18.3 Å². The largest absolute Gasteiger partial charge is 0.465 e. The molecule has 1 fully saturated rings. The molecule has 1 heterocycles. The summed E-state index contributed by atoms with van der Waals surface area (Å²) in [6.45, 7) is 1.44. The van der Waals surface area contributed by atoms with Crippen molar-refractivity contribution in [2.75, 3.05) is 6.61 Å². The Balaban J connectivity index is 2.34. The predicted octanol–water partition coefficient (Wildman–Crippen LogP) is 3.00. The van der Waals surface area contributed by atoms with E-state index in [0.29, 0.717) is 0 Å². The van der Waals surface area contributed by atoms with Gasteiger partial charge in [0.05, 0.1) is 17.3 Å². The Bertz CT molecular complexity index is 495. The van der Waals surface area contributed by atoms with Crippen molar-refractivity contribution >= 4 is 17.6 Å². The van der Waals surface area contributed by atoms with Gasteiger partial charge in [0.25, 0.3) is 0 Å². The van der Waals surface area contributed by atoms with Gasteiger partial charge in [-0.3, -0.25) is 9.48 Å². The molecule has 0 N–H and O–H groups in total. The molecule has 4 nitrogen and oxygen atoms in total. The maximum absolute atomic E-state index is 12.7. The van der Waals surface area contributed by atoms with Crippen LogP contribution in [0.4, 0.5) is 13.2 Å². The molecular formula is C11H12ClF3N2O2. The van der Waals surface area contributed by atoms with Crippen molar-refractivity contribution < 1.29 is 22.7 Å². The third kappa shape index (κ3) is 3.02. The average Bonchev–Trinajstić information content (AvgIpc) is 3.04. The number of aromatic nitrogens is 2. The number of carbonyl (C=O) groups excluding carboxylic acids is 1. The van der Waals surface area contributed by atoms with Gasteiger partial charge >= 0.3 is 12.1 Å². The first-order valence-electron chi connectivity index (χ1n) is 5.83. The Morgan fingerprint density at radius 1 is 1.53 bits per heavy atom. The van der Waals surface area contributed by atoms with Gasteiger partial charge in [-0.25, -0.2) is 0 Å². The third-order valence-electron chi connectivity index (χ3n) is 2.75. The summed E-state index contributed by atoms with van der Waals surface area (Å²) in [5.41, 5.74) is -0.859. The summed E-state index contributed by atoms with van der Waals surface area (Å²) in [5, 5.41) is 3.02. The van der Waals surface area contributed by atoms with Crippen LogP contribution in [-0.4, -0.2) is 22.4 Å². The van der Waals surface area contributed by atoms with Gasteiger partial charge in [0, 0.05) is 5.92 Å². The van der Waals surface area contributed by atoms with Gasteiger partial charge in [-0.05, 0) is 19.8 Å². The van der Waals surface area contributed by atoms with E-state index in [1.807, 2.05) is 0 Å². The molecule has 8 heteroatoms. The molecule has 0 amide bonds. The van der Waals surface area contributed by atoms with E-state index < -0.39 is 22.9 Å². The van der Waals surface area contributed by atoms with E-state index in [-0.39, 0.29) is 24.8 Å². The van der Waals surface area contributed by atoms with E-state index in [9.17, 15) is 18.0 Å². The molecule has 1 saturated carbocycles. The molecular weight excluding hydrogens is 285 g/mol. The fourth-order valence-corrected chi connectivity index (χ4v) is 2.23. The lowest BCUT2D eigenvalue weighted by molar-refractivity contribution is -0.146. The molecule has 0 aromatic carbocycles. The molecule has 0 aliphatic heterocycles. The molecule has 1 aromatic heterocycles. The fourth-order valence-electron chi connectivity index (χ4n) is 1.83. The van der Waals surface area contributed by atoms with E-state index in [0.717, 1.165) is 17.5 Å². The summed E-state index contributed by atoms with van der Waals surface area (Å²) >= 11 is 5.75. The maximum Gasteiger partial charge on any atom is 0.436 e. The number of alkyl halides is 3. The average molecular weight is 297 g/mol. The fraction of sp³-hybridized carbons (Fsp3) is 0.636. The zero-order valence-electron chi connectivity index (χ0n) is 10.1. The quantitative estimate of drug-likeness (QED) is 0.802. The monoisotopic (exact) mass is 296 g/mol. The van der Waals surface area contributed by atoms with Gasteiger partial charge in [0.15, 0.2) is 5.69 Å². The van der Waals surface area contributed by atoms with E-state index in [4.69, 9.17) is 16.3 Å². The van der Waals surface area contributed by atoms with Crippen LogP contribution in [0.2, 0.25) is 5.02 Å². The lowest BCUT2D eigenvalue weighted by atomic mass is 10.2. The number of halogens is 4. The molecule has 19 heavy (non-hydrogen) atoms. The topological polar surface area (TPSA) is 44.1 Å². The van der Waals surface area contributed by atoms with Crippen LogP contribution in [0.1, 0.15) is 37.1 Å². The highest BCUT2D eigenvalue weighted by Gasteiger charge is 2.42. The number of carbonyl (C=O) groups is 1. The summed E-state index contributed by atoms with van der Waals surface area (Å²) in [4.78, 5) is 11.4. The van der Waals surface area contributed by atoms with E-state index in [1.165, 1.54) is 0 Å². The van der Waals surface area contributed by atoms with Crippen molar-refractivity contribution in [3.8, 4) is 0 Å². The first kappa shape index (κ1) is 14.2. The Morgan fingerprint density at radius 2 is 2.16 bits per heavy atom. The molecule has 0 atom stereocenters. The van der Waals surface area contributed by atoms with Crippen LogP contribution in [0.3, 0.4) is 0 Å². The second-order valence-corrected chi connectivity index (χ2v) is 4.66. The van der Waals surface area contributed by atoms with Crippen molar-refractivity contribution in [2.24, 2.45) is 0 Å². The molecule has 1 aliphatic rings. The van der Waals surface area contributed by atoms with E-state index >= 15 is 0 Å². The standard InChI is InChI=1S/C11H12ClF3N2O2/c1-2-19-7(18)5-17-9(6-3-4-6)8(12)10(16-17)11(13,14)15/h6H,2-5H2,1H3. The minimum absolute atomic E-state index is 0.0504. The lowest BCUT2D eigenvalue weighted by Crippen LogP contribution is -2.17. The molecule has 0 saturated heterocycles. The summed E-state index contributed by atoms with van der Waals surface area (Å²) in [6.07, 6.45) is -3.11. The zero-order valence-corrected chi connectivity index (χ0v) is 10.9. The lowest BCUT2D eigenvalue weighted by Gasteiger charge is -2.06. The molecule has 0 unspecified atom stereocenters. The minimum atomic E-state index is -4.62. The molecule has 106 valence electrons. The number of ether oxygens (including phenoxy) is 1. The van der Waals surface area contributed by atoms with Crippen LogP contribution in [-0.2, 0) is 22.3 Å². The molecule has 1 aromatic rings. The van der Waals surface area contributed by atoms with Crippen LogP contribution in [0.25, 0.3) is 0 Å². The molecule has 0 spiro atoms. The Morgan fingerprint density at radius 3 is 2.63 bits per heavy atom. The smallest absolute Gasteiger partial charge is 0.436 e. The summed E-state index contributed by atoms with van der Waals surface area (Å²) in [6, 6.07) is 0. The van der Waals surface area contributed by atoms with Crippen molar-refractivity contribution in [1.82, 2.24) is 9.78 Å². The maximum atomic E-state index is 12.7. The Kier molecular flexibility index (Phi) is 3.75. The summed E-state index contributed by atoms with van der Waals surface area (Å²) in [5.74, 6) is -0.678. The third-order valence-corrected chi connectivity index (χ3v) is 3.12. The summed E-state index contributed by atoms with van der Waals surface area (Å²) < 4.78 is 43.9. The molecule has 0 radical (unpaired) electrons. The Labute approximate surface area is 112 Å². The molecule has 0 bridgehead atoms. The van der Waals surface area contributed by atoms with Crippen LogP contribution in [0.5, 0.6) is 0 Å². The highest BCUT2D eigenvalue weighted by Crippen LogP contribution is 2.46. The van der Waals surface area contributed by atoms with Gasteiger partial charge in [-0.1, -0.05) is 11.6 Å². The van der Waals surface area contributed by atoms with Gasteiger partial charge < -0.3 is 4.74 Å². The number of nitrogens with zero attached hydrogens (tertiary/aromatic N) is 2. The van der Waals surface area contributed by atoms with Crippen LogP contribution < -0.4 is 0 Å². The van der Waals surface area contributed by atoms with E-state index in [2.05, 4.69) is 5.10 Å². The van der Waals surface area contributed by atoms with Gasteiger partial charge in [0.2, 0.25) is 0 Å². The van der Waals surface area contributed by atoms with Crippen molar-refractivity contribution in [2.45, 2.75) is 38.4 Å². The molecule has 2 rings (SSSR count). The number of esters is 1. The zero-order chi connectivity index (χ0) is 14.2. The first-order valence-corrected chi connectivity index (χ1v) is 6.21. The normalized spacial score (nSPS) is 15.6. The van der Waals surface area contributed by atoms with Crippen molar-refractivity contribution in [3.05, 3.63) is 16.4 Å². The van der Waals surface area contributed by atoms with Gasteiger partial charge in [0.1, 0.15) is 6.54 Å². The summed E-state index contributed by atoms with van der Waals surface area (Å²) in [7, 11) is 0. The SMILES string of the molecule is CCOC(=O)Cn1nc(C(F)(F)F)c(Cl)c1C1CC1. The van der Waals surface area contributed by atoms with Crippen molar-refractivity contribution in [3.63, 3.8) is 0 Å². The number of hydrogen-bond donors (Lipinski definition) is 0. The Hall–Kier alpha value is -1.24. The minimum Gasteiger partial charge on any atom is -0.465 e. The van der Waals surface area contributed by atoms with Gasteiger partial charge in [-0.15, -0.1) is 0 Å².